The molecule has 0 saturated heterocycles. The van der Waals surface area contributed by atoms with Crippen LogP contribution in [0, 0.1) is 0 Å². The Balaban J connectivity index is 1.64. The molecule has 3 rings (SSSR count). The van der Waals surface area contributed by atoms with Crippen molar-refractivity contribution >= 4 is 29.5 Å². The van der Waals surface area contributed by atoms with Crippen molar-refractivity contribution < 1.29 is 24.0 Å². The quantitative estimate of drug-likeness (QED) is 0.106. The van der Waals surface area contributed by atoms with Gasteiger partial charge < -0.3 is 41.5 Å². The molecule has 16 nitrogen and oxygen atoms in total. The van der Waals surface area contributed by atoms with Crippen molar-refractivity contribution in [1.29, 1.82) is 0 Å². The highest BCUT2D eigenvalue weighted by Gasteiger charge is 2.28. The van der Waals surface area contributed by atoms with E-state index in [9.17, 15) is 24.0 Å². The van der Waals surface area contributed by atoms with E-state index in [1.54, 1.807) is 0 Å². The summed E-state index contributed by atoms with van der Waals surface area (Å²) in [6.07, 6.45) is 9.20. The van der Waals surface area contributed by atoms with Gasteiger partial charge in [0.2, 0.25) is 29.5 Å². The maximum absolute atomic E-state index is 13.1. The Bertz CT molecular complexity index is 1230. The molecule has 3 atom stereocenters. The maximum atomic E-state index is 13.1. The summed E-state index contributed by atoms with van der Waals surface area (Å²) in [5.74, 6) is -2.72. The van der Waals surface area contributed by atoms with E-state index in [1.807, 2.05) is 0 Å². The fourth-order valence-electron chi connectivity index (χ4n) is 3.70. The molecule has 0 saturated carbocycles. The Labute approximate surface area is 222 Å². The van der Waals surface area contributed by atoms with Crippen LogP contribution in [0.3, 0.4) is 0 Å². The summed E-state index contributed by atoms with van der Waals surface area (Å²) in [4.78, 5) is 83.0. The Morgan fingerprint density at radius 3 is 1.56 bits per heavy atom. The summed E-state index contributed by atoms with van der Waals surface area (Å²) in [6, 6.07) is -3.00. The molecule has 0 fully saturated rings. The Hall–Kier alpha value is -5.02. The molecular formula is C23H31N11O5. The van der Waals surface area contributed by atoms with Gasteiger partial charge in [0.25, 0.3) is 0 Å². The van der Waals surface area contributed by atoms with Crippen molar-refractivity contribution in [2.24, 2.45) is 0 Å². The van der Waals surface area contributed by atoms with Crippen LogP contribution in [0.4, 0.5) is 0 Å². The summed E-state index contributed by atoms with van der Waals surface area (Å²) in [7, 11) is 1.44. The van der Waals surface area contributed by atoms with E-state index in [0.717, 1.165) is 0 Å². The molecule has 8 N–H and O–H groups in total. The topological polar surface area (TPSA) is 232 Å². The van der Waals surface area contributed by atoms with Crippen LogP contribution in [0.5, 0.6) is 0 Å². The number of amides is 5. The van der Waals surface area contributed by atoms with Gasteiger partial charge in [0.05, 0.1) is 25.5 Å². The minimum atomic E-state index is -1.11. The molecule has 0 unspecified atom stereocenters. The predicted octanol–water partition coefficient (Wildman–Crippen LogP) is -2.78. The van der Waals surface area contributed by atoms with Gasteiger partial charge in [0, 0.05) is 68.9 Å². The Kier molecular flexibility index (Phi) is 10.3. The van der Waals surface area contributed by atoms with Crippen LogP contribution < -0.4 is 26.6 Å². The fraction of sp³-hybridized carbons (Fsp3) is 0.391. The average Bonchev–Trinajstić information content (AvgIpc) is 3.70. The molecule has 3 heterocycles. The van der Waals surface area contributed by atoms with E-state index >= 15 is 0 Å². The second kappa shape index (κ2) is 14.1. The number of aromatic nitrogens is 6. The number of nitrogens with one attached hydrogen (secondary N) is 8. The molecule has 208 valence electrons. The third-order valence-electron chi connectivity index (χ3n) is 5.58. The lowest BCUT2D eigenvalue weighted by Crippen LogP contribution is -2.56. The van der Waals surface area contributed by atoms with Crippen molar-refractivity contribution in [3.63, 3.8) is 0 Å². The molecule has 16 heteroatoms. The summed E-state index contributed by atoms with van der Waals surface area (Å²) in [5.41, 5.74) is 1.80. The van der Waals surface area contributed by atoms with Crippen LogP contribution in [0.15, 0.2) is 37.6 Å². The molecule has 3 aromatic rings. The highest BCUT2D eigenvalue weighted by molar-refractivity contribution is 5.94. The SMILES string of the molecule is CNC(=O)[C@H](Cc1cnc[nH]1)NC(=O)CNC(=O)[C@@H](Cc1cnc[nH]1)NC(=O)[C@H](Cc1cnc[nH]1)NC(C)=O. The number of H-pyrrole nitrogens is 3. The monoisotopic (exact) mass is 541 g/mol. The highest BCUT2D eigenvalue weighted by Crippen LogP contribution is 2.04. The van der Waals surface area contributed by atoms with E-state index in [0.29, 0.717) is 17.1 Å². The summed E-state index contributed by atoms with van der Waals surface area (Å²) >= 11 is 0. The summed E-state index contributed by atoms with van der Waals surface area (Å²) in [6.45, 7) is 0.826. The highest BCUT2D eigenvalue weighted by atomic mass is 16.2. The van der Waals surface area contributed by atoms with Gasteiger partial charge in [-0.2, -0.15) is 0 Å². The Morgan fingerprint density at radius 2 is 1.15 bits per heavy atom. The van der Waals surface area contributed by atoms with Crippen LogP contribution in [-0.2, 0) is 43.2 Å². The first-order valence-electron chi connectivity index (χ1n) is 12.0. The third-order valence-corrected chi connectivity index (χ3v) is 5.58. The zero-order valence-corrected chi connectivity index (χ0v) is 21.4. The first-order valence-corrected chi connectivity index (χ1v) is 12.0. The zero-order chi connectivity index (χ0) is 28.2. The molecule has 0 aliphatic rings. The van der Waals surface area contributed by atoms with E-state index < -0.39 is 54.2 Å². The molecule has 5 amide bonds. The Morgan fingerprint density at radius 1 is 0.692 bits per heavy atom. The maximum Gasteiger partial charge on any atom is 0.243 e. The molecular weight excluding hydrogens is 510 g/mol. The average molecular weight is 542 g/mol. The van der Waals surface area contributed by atoms with Gasteiger partial charge in [0.1, 0.15) is 18.1 Å². The molecule has 0 aliphatic heterocycles. The third kappa shape index (κ3) is 9.10. The second-order valence-corrected chi connectivity index (χ2v) is 8.61. The van der Waals surface area contributed by atoms with Crippen molar-refractivity contribution in [2.75, 3.05) is 13.6 Å². The number of nitrogens with zero attached hydrogens (tertiary/aromatic N) is 3. The van der Waals surface area contributed by atoms with Gasteiger partial charge >= 0.3 is 0 Å². The fourth-order valence-corrected chi connectivity index (χ4v) is 3.70. The van der Waals surface area contributed by atoms with Crippen LogP contribution in [0.25, 0.3) is 0 Å². The molecule has 39 heavy (non-hydrogen) atoms. The summed E-state index contributed by atoms with van der Waals surface area (Å²) < 4.78 is 0. The zero-order valence-electron chi connectivity index (χ0n) is 21.4. The number of carbonyl (C=O) groups is 5. The number of likely N-dealkylation sites (N-methyl/N-ethyl adjacent to an activating group) is 1. The minimum Gasteiger partial charge on any atom is -0.357 e. The number of carbonyl (C=O) groups excluding carboxylic acids is 5. The summed E-state index contributed by atoms with van der Waals surface area (Å²) in [5, 5.41) is 12.8. The largest absolute Gasteiger partial charge is 0.357 e. The lowest BCUT2D eigenvalue weighted by Gasteiger charge is -2.22. The number of rotatable bonds is 14. The lowest BCUT2D eigenvalue weighted by atomic mass is 10.1. The van der Waals surface area contributed by atoms with Crippen molar-refractivity contribution in [1.82, 2.24) is 56.5 Å². The van der Waals surface area contributed by atoms with E-state index in [2.05, 4.69) is 56.5 Å². The van der Waals surface area contributed by atoms with Gasteiger partial charge in [0.15, 0.2) is 0 Å². The van der Waals surface area contributed by atoms with Crippen molar-refractivity contribution in [3.05, 3.63) is 54.7 Å². The van der Waals surface area contributed by atoms with E-state index in [4.69, 9.17) is 0 Å². The van der Waals surface area contributed by atoms with Gasteiger partial charge in [-0.3, -0.25) is 24.0 Å². The van der Waals surface area contributed by atoms with Gasteiger partial charge in [-0.15, -0.1) is 0 Å². The van der Waals surface area contributed by atoms with Crippen LogP contribution in [-0.4, -0.2) is 91.2 Å². The molecule has 0 bridgehead atoms. The van der Waals surface area contributed by atoms with Gasteiger partial charge in [-0.1, -0.05) is 0 Å². The number of imidazole rings is 3. The van der Waals surface area contributed by atoms with Crippen LogP contribution in [0.2, 0.25) is 0 Å². The van der Waals surface area contributed by atoms with E-state index in [-0.39, 0.29) is 19.3 Å². The van der Waals surface area contributed by atoms with Gasteiger partial charge in [-0.25, -0.2) is 15.0 Å². The minimum absolute atomic E-state index is 0.0384. The van der Waals surface area contributed by atoms with Crippen LogP contribution >= 0.6 is 0 Å². The number of hydrogen-bond acceptors (Lipinski definition) is 8. The van der Waals surface area contributed by atoms with Crippen molar-refractivity contribution in [3.8, 4) is 0 Å². The predicted molar refractivity (Wildman–Crippen MR) is 135 cm³/mol. The lowest BCUT2D eigenvalue weighted by molar-refractivity contribution is -0.132. The molecule has 0 aromatic carbocycles. The number of hydrogen-bond donors (Lipinski definition) is 8. The van der Waals surface area contributed by atoms with E-state index in [1.165, 1.54) is 51.5 Å². The first-order chi connectivity index (χ1) is 18.7. The smallest absolute Gasteiger partial charge is 0.243 e. The number of aromatic amines is 3. The molecule has 3 aromatic heterocycles. The first kappa shape index (κ1) is 28.5. The van der Waals surface area contributed by atoms with Gasteiger partial charge in [-0.05, 0) is 0 Å². The standard InChI is InChI=1S/C23H31N11O5/c1-13(35)32-19(5-16-8-27-12-31-16)23(39)34-18(4-15-7-26-11-30-15)22(38)28-9-20(36)33-17(21(37)24-2)3-14-6-25-10-29-14/h6-8,10-12,17-19H,3-5,9H2,1-2H3,(H,24,37)(H,25,29)(H,26,30)(H,27,31)(H,28,38)(H,32,35)(H,33,36)(H,34,39)/t17-,18+,19-/m0/s1. The molecule has 0 spiro atoms. The normalized spacial score (nSPS) is 13.0. The molecule has 0 aliphatic carbocycles. The molecule has 0 radical (unpaired) electrons. The second-order valence-electron chi connectivity index (χ2n) is 8.61. The van der Waals surface area contributed by atoms with Crippen molar-refractivity contribution in [2.45, 2.75) is 44.3 Å². The van der Waals surface area contributed by atoms with Crippen LogP contribution in [0.1, 0.15) is 24.0 Å².